The Bertz CT molecular complexity index is 1030. The van der Waals surface area contributed by atoms with Gasteiger partial charge in [0.1, 0.15) is 0 Å². The number of carbonyl (C=O) groups excluding carboxylic acids is 1. The van der Waals surface area contributed by atoms with Crippen molar-refractivity contribution < 1.29 is 14.6 Å². The lowest BCUT2D eigenvalue weighted by atomic mass is 9.95. The molecule has 3 aromatic rings. The van der Waals surface area contributed by atoms with Crippen LogP contribution in [0.4, 0.5) is 0 Å². The number of fused-ring (bicyclic) bond motifs is 1. The van der Waals surface area contributed by atoms with E-state index in [1.54, 1.807) is 0 Å². The SMILES string of the molecule is O=C(c1ccc2cc[nH]c2c1)N1CCO[C@@H](CN2CCC(O)CC2)[C@@H]1c1ccccc1. The van der Waals surface area contributed by atoms with Crippen LogP contribution in [0.5, 0.6) is 0 Å². The molecule has 5 rings (SSSR count). The van der Waals surface area contributed by atoms with Gasteiger partial charge >= 0.3 is 0 Å². The zero-order chi connectivity index (χ0) is 21.2. The van der Waals surface area contributed by atoms with Crippen LogP contribution in [0.25, 0.3) is 10.9 Å². The molecule has 1 aromatic heterocycles. The molecule has 2 aliphatic heterocycles. The maximum Gasteiger partial charge on any atom is 0.254 e. The van der Waals surface area contributed by atoms with Gasteiger partial charge in [0.25, 0.3) is 5.91 Å². The first-order valence-corrected chi connectivity index (χ1v) is 11.1. The van der Waals surface area contributed by atoms with Gasteiger partial charge in [-0.2, -0.15) is 0 Å². The normalized spacial score (nSPS) is 23.3. The minimum atomic E-state index is -0.200. The van der Waals surface area contributed by atoms with Gasteiger partial charge in [-0.3, -0.25) is 4.79 Å². The molecule has 6 heteroatoms. The van der Waals surface area contributed by atoms with Crippen LogP contribution in [-0.4, -0.2) is 70.8 Å². The highest BCUT2D eigenvalue weighted by Crippen LogP contribution is 2.32. The van der Waals surface area contributed by atoms with E-state index >= 15 is 0 Å². The van der Waals surface area contributed by atoms with Crippen molar-refractivity contribution in [1.29, 1.82) is 0 Å². The Hall–Kier alpha value is -2.67. The quantitative estimate of drug-likeness (QED) is 0.681. The van der Waals surface area contributed by atoms with E-state index in [1.807, 2.05) is 53.6 Å². The number of carbonyl (C=O) groups is 1. The van der Waals surface area contributed by atoms with Crippen LogP contribution in [0.2, 0.25) is 0 Å². The Kier molecular flexibility index (Phi) is 5.76. The lowest BCUT2D eigenvalue weighted by Gasteiger charge is -2.44. The second kappa shape index (κ2) is 8.83. The number of H-pyrrole nitrogens is 1. The van der Waals surface area contributed by atoms with E-state index in [9.17, 15) is 9.90 Å². The van der Waals surface area contributed by atoms with Crippen LogP contribution in [0.15, 0.2) is 60.8 Å². The number of nitrogens with one attached hydrogen (secondary N) is 1. The number of aromatic nitrogens is 1. The van der Waals surface area contributed by atoms with Gasteiger partial charge < -0.3 is 24.6 Å². The molecule has 2 saturated heterocycles. The lowest BCUT2D eigenvalue weighted by Crippen LogP contribution is -2.52. The Morgan fingerprint density at radius 2 is 1.87 bits per heavy atom. The summed E-state index contributed by atoms with van der Waals surface area (Å²) in [5.41, 5.74) is 2.76. The number of aliphatic hydroxyl groups is 1. The number of hydrogen-bond acceptors (Lipinski definition) is 4. The minimum Gasteiger partial charge on any atom is -0.393 e. The van der Waals surface area contributed by atoms with E-state index in [4.69, 9.17) is 4.74 Å². The standard InChI is InChI=1S/C25H29N3O3/c29-21-9-12-27(13-10-21)17-23-24(19-4-2-1-3-5-19)28(14-15-31-23)25(30)20-7-6-18-8-11-26-22(18)16-20/h1-8,11,16,21,23-24,26,29H,9-10,12-15,17H2/t23-,24-/m0/s1. The number of ether oxygens (including phenoxy) is 1. The van der Waals surface area contributed by atoms with Gasteiger partial charge in [0.15, 0.2) is 0 Å². The molecule has 2 fully saturated rings. The molecular formula is C25H29N3O3. The maximum atomic E-state index is 13.6. The molecule has 0 spiro atoms. The van der Waals surface area contributed by atoms with Crippen molar-refractivity contribution >= 4 is 16.8 Å². The Morgan fingerprint density at radius 3 is 2.68 bits per heavy atom. The molecule has 162 valence electrons. The molecule has 0 saturated carbocycles. The van der Waals surface area contributed by atoms with Crippen molar-refractivity contribution in [3.8, 4) is 0 Å². The number of rotatable bonds is 4. The van der Waals surface area contributed by atoms with E-state index in [2.05, 4.69) is 22.0 Å². The number of piperidine rings is 1. The van der Waals surface area contributed by atoms with E-state index < -0.39 is 0 Å². The number of morpholine rings is 1. The number of aromatic amines is 1. The number of amides is 1. The fourth-order valence-corrected chi connectivity index (χ4v) is 4.86. The maximum absolute atomic E-state index is 13.6. The molecule has 2 aromatic carbocycles. The minimum absolute atomic E-state index is 0.0349. The average Bonchev–Trinajstić information content (AvgIpc) is 3.28. The van der Waals surface area contributed by atoms with Gasteiger partial charge in [-0.15, -0.1) is 0 Å². The third kappa shape index (κ3) is 4.24. The number of benzene rings is 2. The number of likely N-dealkylation sites (tertiary alicyclic amines) is 1. The molecule has 31 heavy (non-hydrogen) atoms. The molecular weight excluding hydrogens is 390 g/mol. The highest BCUT2D eigenvalue weighted by Gasteiger charge is 2.38. The molecule has 1 amide bonds. The largest absolute Gasteiger partial charge is 0.393 e. The van der Waals surface area contributed by atoms with Gasteiger partial charge in [0.2, 0.25) is 0 Å². The first-order valence-electron chi connectivity index (χ1n) is 11.1. The molecule has 3 heterocycles. The van der Waals surface area contributed by atoms with Gasteiger partial charge in [-0.25, -0.2) is 0 Å². The first-order chi connectivity index (χ1) is 15.2. The van der Waals surface area contributed by atoms with Crippen molar-refractivity contribution in [3.63, 3.8) is 0 Å². The second-order valence-corrected chi connectivity index (χ2v) is 8.57. The molecule has 2 atom stereocenters. The summed E-state index contributed by atoms with van der Waals surface area (Å²) in [5, 5.41) is 11.0. The molecule has 2 aliphatic rings. The monoisotopic (exact) mass is 419 g/mol. The summed E-state index contributed by atoms with van der Waals surface area (Å²) in [5.74, 6) is 0.0349. The van der Waals surface area contributed by atoms with E-state index in [0.717, 1.165) is 48.9 Å². The predicted molar refractivity (Wildman–Crippen MR) is 120 cm³/mol. The van der Waals surface area contributed by atoms with Gasteiger partial charge in [-0.1, -0.05) is 36.4 Å². The third-order valence-corrected chi connectivity index (χ3v) is 6.55. The smallest absolute Gasteiger partial charge is 0.254 e. The van der Waals surface area contributed by atoms with E-state index in [-0.39, 0.29) is 24.2 Å². The van der Waals surface area contributed by atoms with Crippen molar-refractivity contribution in [2.45, 2.75) is 31.1 Å². The van der Waals surface area contributed by atoms with Crippen molar-refractivity contribution in [1.82, 2.24) is 14.8 Å². The van der Waals surface area contributed by atoms with Gasteiger partial charge in [0, 0.05) is 43.5 Å². The summed E-state index contributed by atoms with van der Waals surface area (Å²) < 4.78 is 6.24. The molecule has 0 radical (unpaired) electrons. The Morgan fingerprint density at radius 1 is 1.06 bits per heavy atom. The zero-order valence-electron chi connectivity index (χ0n) is 17.6. The number of nitrogens with zero attached hydrogens (tertiary/aromatic N) is 2. The van der Waals surface area contributed by atoms with Gasteiger partial charge in [0.05, 0.1) is 24.9 Å². The number of aliphatic hydroxyl groups excluding tert-OH is 1. The number of hydrogen-bond donors (Lipinski definition) is 2. The molecule has 0 bridgehead atoms. The van der Waals surface area contributed by atoms with Crippen LogP contribution >= 0.6 is 0 Å². The van der Waals surface area contributed by atoms with Crippen molar-refractivity contribution in [2.75, 3.05) is 32.8 Å². The first kappa shape index (κ1) is 20.2. The molecule has 2 N–H and O–H groups in total. The second-order valence-electron chi connectivity index (χ2n) is 8.57. The average molecular weight is 420 g/mol. The van der Waals surface area contributed by atoms with E-state index in [1.165, 1.54) is 0 Å². The summed E-state index contributed by atoms with van der Waals surface area (Å²) in [6.07, 6.45) is 3.17. The molecule has 6 nitrogen and oxygen atoms in total. The predicted octanol–water partition coefficient (Wildman–Crippen LogP) is 3.21. The Labute approximate surface area is 182 Å². The summed E-state index contributed by atoms with van der Waals surface area (Å²) in [6.45, 7) is 3.57. The summed E-state index contributed by atoms with van der Waals surface area (Å²) >= 11 is 0. The van der Waals surface area contributed by atoms with Crippen LogP contribution in [-0.2, 0) is 4.74 Å². The zero-order valence-corrected chi connectivity index (χ0v) is 17.6. The molecule has 0 unspecified atom stereocenters. The summed E-state index contributed by atoms with van der Waals surface area (Å²) in [7, 11) is 0. The van der Waals surface area contributed by atoms with Crippen LogP contribution in [0.1, 0.15) is 34.8 Å². The third-order valence-electron chi connectivity index (χ3n) is 6.55. The van der Waals surface area contributed by atoms with Crippen LogP contribution in [0, 0.1) is 0 Å². The molecule has 0 aliphatic carbocycles. The fourth-order valence-electron chi connectivity index (χ4n) is 4.86. The van der Waals surface area contributed by atoms with Crippen molar-refractivity contribution in [2.24, 2.45) is 0 Å². The summed E-state index contributed by atoms with van der Waals surface area (Å²) in [4.78, 5) is 21.2. The topological polar surface area (TPSA) is 68.8 Å². The highest BCUT2D eigenvalue weighted by atomic mass is 16.5. The summed E-state index contributed by atoms with van der Waals surface area (Å²) in [6, 6.07) is 17.9. The van der Waals surface area contributed by atoms with Gasteiger partial charge in [-0.05, 0) is 42.0 Å². The van der Waals surface area contributed by atoms with E-state index in [0.29, 0.717) is 18.7 Å². The van der Waals surface area contributed by atoms with Crippen LogP contribution in [0.3, 0.4) is 0 Å². The Balaban J connectivity index is 1.43. The van der Waals surface area contributed by atoms with Crippen LogP contribution < -0.4 is 0 Å². The highest BCUT2D eigenvalue weighted by molar-refractivity contribution is 5.98. The fraction of sp³-hybridized carbons (Fsp3) is 0.400. The lowest BCUT2D eigenvalue weighted by molar-refractivity contribution is -0.0770. The van der Waals surface area contributed by atoms with Crippen molar-refractivity contribution in [3.05, 3.63) is 71.9 Å².